The van der Waals surface area contributed by atoms with E-state index >= 15 is 0 Å². The molecule has 0 atom stereocenters. The fourth-order valence-electron chi connectivity index (χ4n) is 1.28. The third-order valence-electron chi connectivity index (χ3n) is 2.01. The van der Waals surface area contributed by atoms with Gasteiger partial charge in [0.1, 0.15) is 4.90 Å². The van der Waals surface area contributed by atoms with Gasteiger partial charge in [0, 0.05) is 12.6 Å². The summed E-state index contributed by atoms with van der Waals surface area (Å²) in [5.74, 6) is 0. The highest BCUT2D eigenvalue weighted by atomic mass is 32.2. The summed E-state index contributed by atoms with van der Waals surface area (Å²) in [5.41, 5.74) is -1.16. The van der Waals surface area contributed by atoms with Crippen molar-refractivity contribution in [1.29, 1.82) is 0 Å². The summed E-state index contributed by atoms with van der Waals surface area (Å²) in [6, 6.07) is 3.10. The van der Waals surface area contributed by atoms with Crippen molar-refractivity contribution in [2.24, 2.45) is 0 Å². The van der Waals surface area contributed by atoms with E-state index in [2.05, 4.69) is 0 Å². The first-order chi connectivity index (χ1) is 7.79. The Hall–Kier alpha value is -1.71. The number of nitro benzene ring substituents is 1. The number of para-hydroxylation sites is 1. The third-order valence-corrected chi connectivity index (χ3v) is 2.90. The van der Waals surface area contributed by atoms with E-state index in [1.807, 2.05) is 0 Å². The lowest BCUT2D eigenvalue weighted by Gasteiger charge is -2.16. The Morgan fingerprint density at radius 1 is 1.47 bits per heavy atom. The summed E-state index contributed by atoms with van der Waals surface area (Å²) in [6.07, 6.45) is 0. The second-order valence-electron chi connectivity index (χ2n) is 3.07. The molecule has 1 aromatic carbocycles. The van der Waals surface area contributed by atoms with Crippen LogP contribution in [0.4, 0.5) is 11.4 Å². The van der Waals surface area contributed by atoms with Gasteiger partial charge in [-0.05, 0) is 13.0 Å². The number of nitro groups is 1. The number of rotatable bonds is 4. The molecule has 8 nitrogen and oxygen atoms in total. The van der Waals surface area contributed by atoms with Crippen LogP contribution in [0.3, 0.4) is 0 Å². The summed E-state index contributed by atoms with van der Waals surface area (Å²) < 4.78 is 31.0. The van der Waals surface area contributed by atoms with Crippen molar-refractivity contribution in [1.82, 2.24) is 0 Å². The predicted octanol–water partition coefficient (Wildman–Crippen LogP) is 1.06. The van der Waals surface area contributed by atoms with Crippen LogP contribution in [0.15, 0.2) is 23.1 Å². The largest absolute Gasteiger partial charge is 0.296 e. The van der Waals surface area contributed by atoms with Gasteiger partial charge in [0.2, 0.25) is 0 Å². The molecule has 0 amide bonds. The average molecular weight is 262 g/mol. The van der Waals surface area contributed by atoms with E-state index < -0.39 is 31.3 Å². The SMILES string of the molecule is CCN(O)c1c([N+](=O)[O-])cccc1S(=O)(=O)O. The van der Waals surface area contributed by atoms with Crippen LogP contribution in [-0.2, 0) is 10.1 Å². The fourth-order valence-corrected chi connectivity index (χ4v) is 1.99. The molecule has 0 bridgehead atoms. The molecule has 0 aliphatic carbocycles. The molecule has 0 heterocycles. The smallest absolute Gasteiger partial charge is 0.288 e. The molecule has 0 spiro atoms. The summed E-state index contributed by atoms with van der Waals surface area (Å²) in [7, 11) is -4.65. The minimum atomic E-state index is -4.65. The molecule has 0 aliphatic heterocycles. The maximum Gasteiger partial charge on any atom is 0.296 e. The minimum Gasteiger partial charge on any atom is -0.288 e. The molecule has 1 aromatic rings. The van der Waals surface area contributed by atoms with Crippen LogP contribution in [-0.4, -0.2) is 29.6 Å². The van der Waals surface area contributed by atoms with Crippen LogP contribution in [0.25, 0.3) is 0 Å². The van der Waals surface area contributed by atoms with E-state index in [9.17, 15) is 23.7 Å². The Kier molecular flexibility index (Phi) is 3.66. The Morgan fingerprint density at radius 2 is 2.06 bits per heavy atom. The fraction of sp³-hybridized carbons (Fsp3) is 0.250. The third kappa shape index (κ3) is 2.70. The molecular weight excluding hydrogens is 252 g/mol. The number of hydrogen-bond donors (Lipinski definition) is 2. The van der Waals surface area contributed by atoms with Crippen LogP contribution < -0.4 is 5.06 Å². The molecule has 0 aromatic heterocycles. The topological polar surface area (TPSA) is 121 Å². The van der Waals surface area contributed by atoms with Crippen LogP contribution in [0, 0.1) is 10.1 Å². The van der Waals surface area contributed by atoms with E-state index in [0.717, 1.165) is 18.2 Å². The zero-order valence-electron chi connectivity index (χ0n) is 8.77. The average Bonchev–Trinajstić information content (AvgIpc) is 2.25. The lowest BCUT2D eigenvalue weighted by molar-refractivity contribution is -0.384. The highest BCUT2D eigenvalue weighted by molar-refractivity contribution is 7.86. The van der Waals surface area contributed by atoms with Crippen molar-refractivity contribution in [3.05, 3.63) is 28.3 Å². The van der Waals surface area contributed by atoms with Crippen molar-refractivity contribution in [2.75, 3.05) is 11.6 Å². The van der Waals surface area contributed by atoms with Crippen molar-refractivity contribution in [3.63, 3.8) is 0 Å². The first-order valence-corrected chi connectivity index (χ1v) is 5.94. The Labute approximate surface area is 97.0 Å². The van der Waals surface area contributed by atoms with E-state index in [-0.39, 0.29) is 6.54 Å². The molecule has 0 aliphatic rings. The van der Waals surface area contributed by atoms with Gasteiger partial charge in [0.05, 0.1) is 4.92 Å². The lowest BCUT2D eigenvalue weighted by Crippen LogP contribution is -2.21. The van der Waals surface area contributed by atoms with Gasteiger partial charge in [-0.2, -0.15) is 8.42 Å². The van der Waals surface area contributed by atoms with Crippen LogP contribution in [0.1, 0.15) is 6.92 Å². The predicted molar refractivity (Wildman–Crippen MR) is 57.7 cm³/mol. The quantitative estimate of drug-likeness (QED) is 0.472. The Morgan fingerprint density at radius 3 is 2.47 bits per heavy atom. The number of anilines is 1. The monoisotopic (exact) mass is 262 g/mol. The van der Waals surface area contributed by atoms with E-state index in [4.69, 9.17) is 4.55 Å². The molecule has 0 fully saturated rings. The summed E-state index contributed by atoms with van der Waals surface area (Å²) >= 11 is 0. The first-order valence-electron chi connectivity index (χ1n) is 4.50. The molecule has 0 saturated carbocycles. The van der Waals surface area contributed by atoms with E-state index in [0.29, 0.717) is 5.06 Å². The zero-order valence-corrected chi connectivity index (χ0v) is 9.59. The van der Waals surface area contributed by atoms with Gasteiger partial charge in [-0.25, -0.2) is 5.06 Å². The van der Waals surface area contributed by atoms with Crippen molar-refractivity contribution >= 4 is 21.5 Å². The molecular formula is C8H10N2O6S. The number of benzene rings is 1. The molecule has 2 N–H and O–H groups in total. The van der Waals surface area contributed by atoms with Gasteiger partial charge < -0.3 is 0 Å². The second-order valence-corrected chi connectivity index (χ2v) is 4.46. The van der Waals surface area contributed by atoms with Gasteiger partial charge in [-0.15, -0.1) is 0 Å². The van der Waals surface area contributed by atoms with Crippen LogP contribution >= 0.6 is 0 Å². The standard InChI is InChI=1S/C8H10N2O6S/c1-2-9(11)8-6(10(12)13)4-3-5-7(8)17(14,15)16/h3-5,11H,2H2,1H3,(H,14,15,16). The molecule has 9 heteroatoms. The van der Waals surface area contributed by atoms with Crippen LogP contribution in [0.2, 0.25) is 0 Å². The molecule has 0 saturated heterocycles. The first kappa shape index (κ1) is 13.4. The van der Waals surface area contributed by atoms with Crippen molar-refractivity contribution < 1.29 is 23.1 Å². The number of nitrogens with zero attached hydrogens (tertiary/aromatic N) is 2. The Bertz CT molecular complexity index is 541. The minimum absolute atomic E-state index is 0.0760. The van der Waals surface area contributed by atoms with Gasteiger partial charge in [-0.3, -0.25) is 19.9 Å². The molecule has 0 radical (unpaired) electrons. The van der Waals surface area contributed by atoms with Gasteiger partial charge in [-0.1, -0.05) is 6.07 Å². The summed E-state index contributed by atoms with van der Waals surface area (Å²) in [4.78, 5) is 9.16. The summed E-state index contributed by atoms with van der Waals surface area (Å²) in [6.45, 7) is 1.39. The number of hydroxylamine groups is 1. The molecule has 1 rings (SSSR count). The summed E-state index contributed by atoms with van der Waals surface area (Å²) in [5, 5.41) is 20.6. The van der Waals surface area contributed by atoms with Gasteiger partial charge >= 0.3 is 0 Å². The van der Waals surface area contributed by atoms with E-state index in [1.54, 1.807) is 0 Å². The zero-order chi connectivity index (χ0) is 13.2. The maximum atomic E-state index is 11.0. The highest BCUT2D eigenvalue weighted by Crippen LogP contribution is 2.33. The molecule has 0 unspecified atom stereocenters. The molecule has 94 valence electrons. The normalized spacial score (nSPS) is 11.2. The lowest BCUT2D eigenvalue weighted by atomic mass is 10.2. The van der Waals surface area contributed by atoms with E-state index in [1.165, 1.54) is 6.92 Å². The second kappa shape index (κ2) is 4.65. The van der Waals surface area contributed by atoms with Crippen LogP contribution in [0.5, 0.6) is 0 Å². The van der Waals surface area contributed by atoms with Gasteiger partial charge in [0.15, 0.2) is 5.69 Å². The maximum absolute atomic E-state index is 11.0. The van der Waals surface area contributed by atoms with Crippen molar-refractivity contribution in [2.45, 2.75) is 11.8 Å². The van der Waals surface area contributed by atoms with Gasteiger partial charge in [0.25, 0.3) is 15.8 Å². The highest BCUT2D eigenvalue weighted by Gasteiger charge is 2.27. The Balaban J connectivity index is 3.63. The van der Waals surface area contributed by atoms with Crippen molar-refractivity contribution in [3.8, 4) is 0 Å². The molecule has 17 heavy (non-hydrogen) atoms. The number of hydrogen-bond acceptors (Lipinski definition) is 6.